The average Bonchev–Trinajstić information content (AvgIpc) is 3.33. The molecular weight excluding hydrogens is 428 g/mol. The molecule has 34 heavy (non-hydrogen) atoms. The molecule has 0 spiro atoms. The molecule has 5 rings (SSSR count). The van der Waals surface area contributed by atoms with Crippen molar-refractivity contribution in [2.45, 2.75) is 33.7 Å². The Balaban J connectivity index is 1.50. The molecule has 7 heteroatoms. The van der Waals surface area contributed by atoms with Gasteiger partial charge in [0.2, 0.25) is 5.82 Å². The van der Waals surface area contributed by atoms with Gasteiger partial charge in [-0.05, 0) is 61.2 Å². The summed E-state index contributed by atoms with van der Waals surface area (Å²) in [5.74, 6) is -0.0733. The monoisotopic (exact) mass is 453 g/mol. The number of aromatic nitrogens is 2. The van der Waals surface area contributed by atoms with Crippen molar-refractivity contribution in [1.29, 1.82) is 0 Å². The van der Waals surface area contributed by atoms with Gasteiger partial charge in [-0.1, -0.05) is 54.6 Å². The van der Waals surface area contributed by atoms with Crippen molar-refractivity contribution < 1.29 is 18.7 Å². The molecule has 0 fully saturated rings. The fourth-order valence-electron chi connectivity index (χ4n) is 4.19. The van der Waals surface area contributed by atoms with E-state index < -0.39 is 11.9 Å². The second-order valence-electron chi connectivity index (χ2n) is 8.52. The number of benzene rings is 2. The third-order valence-corrected chi connectivity index (χ3v) is 6.35. The van der Waals surface area contributed by atoms with Crippen LogP contribution < -0.4 is 4.90 Å². The predicted molar refractivity (Wildman–Crippen MR) is 129 cm³/mol. The van der Waals surface area contributed by atoms with Crippen LogP contribution in [-0.2, 0) is 17.8 Å². The van der Waals surface area contributed by atoms with Gasteiger partial charge < -0.3 is 4.52 Å². The Morgan fingerprint density at radius 2 is 1.82 bits per heavy atom. The lowest BCUT2D eigenvalue weighted by atomic mass is 9.94. The van der Waals surface area contributed by atoms with Crippen LogP contribution in [0.5, 0.6) is 0 Å². The molecule has 3 aromatic rings. The average molecular weight is 454 g/mol. The maximum absolute atomic E-state index is 13.6. The van der Waals surface area contributed by atoms with E-state index in [0.717, 1.165) is 23.1 Å². The molecule has 3 amide bonds. The first-order valence-corrected chi connectivity index (χ1v) is 11.3. The summed E-state index contributed by atoms with van der Waals surface area (Å²) in [4.78, 5) is 32.6. The molecule has 2 heterocycles. The fourth-order valence-corrected chi connectivity index (χ4v) is 4.19. The molecule has 0 bridgehead atoms. The fraction of sp³-hybridized carbons (Fsp3) is 0.222. The molecular formula is C27H25N4O3+. The standard InChI is InChI=1S/C27H25N4O3/c1-4-19-10-13-21(14-11-19)31-26(32)22-7-5-6-8-23(22)30(27(31)33)16-24-28-25(29-34-24)20-12-9-17(2)18(3)15-20/h5-15,22H,4,16H2,1-3H3/q+1. The zero-order valence-electron chi connectivity index (χ0n) is 19.4. The Labute approximate surface area is 197 Å². The summed E-state index contributed by atoms with van der Waals surface area (Å²) in [5, 5.41) is 4.12. The molecule has 2 aliphatic rings. The van der Waals surface area contributed by atoms with Crippen LogP contribution in [0.25, 0.3) is 11.4 Å². The van der Waals surface area contributed by atoms with E-state index in [1.165, 1.54) is 15.0 Å². The summed E-state index contributed by atoms with van der Waals surface area (Å²) < 4.78 is 7.04. The molecule has 0 N–H and O–H groups in total. The first-order valence-electron chi connectivity index (χ1n) is 11.3. The summed E-state index contributed by atoms with van der Waals surface area (Å²) in [5.41, 5.74) is 5.45. The van der Waals surface area contributed by atoms with Crippen LogP contribution in [0.15, 0.2) is 71.3 Å². The highest BCUT2D eigenvalue weighted by molar-refractivity contribution is 6.25. The number of amides is 3. The van der Waals surface area contributed by atoms with Crippen LogP contribution >= 0.6 is 0 Å². The number of carbonyl (C=O) groups is 2. The van der Waals surface area contributed by atoms with E-state index in [4.69, 9.17) is 4.52 Å². The minimum atomic E-state index is -0.560. The van der Waals surface area contributed by atoms with Crippen LogP contribution in [-0.4, -0.2) is 32.4 Å². The minimum absolute atomic E-state index is 0.0670. The topological polar surface area (TPSA) is 79.3 Å². The third-order valence-electron chi connectivity index (χ3n) is 6.35. The molecule has 1 unspecified atom stereocenters. The predicted octanol–water partition coefficient (Wildman–Crippen LogP) is 4.78. The number of hydrogen-bond acceptors (Lipinski definition) is 5. The van der Waals surface area contributed by atoms with Gasteiger partial charge >= 0.3 is 11.9 Å². The van der Waals surface area contributed by atoms with Crippen molar-refractivity contribution in [2.75, 3.05) is 4.90 Å². The van der Waals surface area contributed by atoms with Gasteiger partial charge in [-0.25, -0.2) is 4.79 Å². The number of fused-ring (bicyclic) bond motifs is 1. The molecule has 0 radical (unpaired) electrons. The second-order valence-corrected chi connectivity index (χ2v) is 8.52. The Morgan fingerprint density at radius 3 is 2.56 bits per heavy atom. The van der Waals surface area contributed by atoms with Gasteiger partial charge in [-0.15, -0.1) is 4.90 Å². The van der Waals surface area contributed by atoms with E-state index in [1.807, 2.05) is 68.5 Å². The van der Waals surface area contributed by atoms with E-state index in [0.29, 0.717) is 23.1 Å². The van der Waals surface area contributed by atoms with Crippen molar-refractivity contribution in [3.63, 3.8) is 0 Å². The molecule has 1 aliphatic heterocycles. The lowest BCUT2D eigenvalue weighted by Gasteiger charge is -2.26. The van der Waals surface area contributed by atoms with Crippen LogP contribution in [0, 0.1) is 19.8 Å². The zero-order chi connectivity index (χ0) is 23.8. The highest BCUT2D eigenvalue weighted by Crippen LogP contribution is 2.27. The lowest BCUT2D eigenvalue weighted by Crippen LogP contribution is -2.54. The number of aryl methyl sites for hydroxylation is 3. The highest BCUT2D eigenvalue weighted by atomic mass is 16.5. The number of rotatable bonds is 5. The Kier molecular flexibility index (Phi) is 5.53. The highest BCUT2D eigenvalue weighted by Gasteiger charge is 2.48. The van der Waals surface area contributed by atoms with Crippen molar-refractivity contribution >= 4 is 23.3 Å². The van der Waals surface area contributed by atoms with E-state index in [1.54, 1.807) is 12.2 Å². The van der Waals surface area contributed by atoms with Gasteiger partial charge in [0.15, 0.2) is 6.54 Å². The van der Waals surface area contributed by atoms with Gasteiger partial charge in [-0.2, -0.15) is 14.4 Å². The van der Waals surface area contributed by atoms with Gasteiger partial charge in [0.05, 0.1) is 0 Å². The summed E-state index contributed by atoms with van der Waals surface area (Å²) in [6.07, 6.45) is 8.11. The van der Waals surface area contributed by atoms with E-state index in [2.05, 4.69) is 17.1 Å². The van der Waals surface area contributed by atoms with Gasteiger partial charge in [0.1, 0.15) is 17.3 Å². The number of anilines is 1. The number of allylic oxidation sites excluding steroid dienone is 3. The van der Waals surface area contributed by atoms with E-state index in [-0.39, 0.29) is 12.5 Å². The number of imide groups is 1. The first-order chi connectivity index (χ1) is 16.5. The summed E-state index contributed by atoms with van der Waals surface area (Å²) in [6, 6.07) is 13.0. The van der Waals surface area contributed by atoms with Crippen molar-refractivity contribution in [3.8, 4) is 11.4 Å². The number of hydrogen-bond donors (Lipinski definition) is 0. The van der Waals surface area contributed by atoms with Crippen LogP contribution in [0.2, 0.25) is 0 Å². The molecule has 170 valence electrons. The number of nitrogens with zero attached hydrogens (tertiary/aromatic N) is 4. The maximum Gasteiger partial charge on any atom is 0.506 e. The van der Waals surface area contributed by atoms with Crippen LogP contribution in [0.4, 0.5) is 10.5 Å². The molecule has 0 saturated carbocycles. The molecule has 2 aromatic carbocycles. The molecule has 7 nitrogen and oxygen atoms in total. The Morgan fingerprint density at radius 1 is 1.03 bits per heavy atom. The smallest absolute Gasteiger partial charge is 0.335 e. The lowest BCUT2D eigenvalue weighted by molar-refractivity contribution is -0.449. The van der Waals surface area contributed by atoms with Crippen LogP contribution in [0.3, 0.4) is 0 Å². The van der Waals surface area contributed by atoms with Gasteiger partial charge in [0.25, 0.3) is 5.89 Å². The van der Waals surface area contributed by atoms with Crippen molar-refractivity contribution in [2.24, 2.45) is 5.92 Å². The first kappa shape index (κ1) is 21.7. The molecule has 1 atom stereocenters. The summed E-state index contributed by atoms with van der Waals surface area (Å²) in [6.45, 7) is 6.21. The zero-order valence-corrected chi connectivity index (χ0v) is 19.4. The number of carbonyl (C=O) groups excluding carboxylic acids is 2. The van der Waals surface area contributed by atoms with E-state index >= 15 is 0 Å². The quantitative estimate of drug-likeness (QED) is 0.520. The maximum atomic E-state index is 13.6. The van der Waals surface area contributed by atoms with Gasteiger partial charge in [-0.3, -0.25) is 0 Å². The Hall–Kier alpha value is -4.13. The summed E-state index contributed by atoms with van der Waals surface area (Å²) in [7, 11) is 0. The van der Waals surface area contributed by atoms with Crippen LogP contribution in [0.1, 0.15) is 29.5 Å². The summed E-state index contributed by atoms with van der Waals surface area (Å²) >= 11 is 0. The van der Waals surface area contributed by atoms with Crippen molar-refractivity contribution in [1.82, 2.24) is 10.1 Å². The second kappa shape index (κ2) is 8.67. The van der Waals surface area contributed by atoms with Gasteiger partial charge in [0, 0.05) is 5.56 Å². The SMILES string of the molecule is CCc1ccc(N2C(=O)C3C=CC=CC3=[N+](Cc3nc(-c4ccc(C)c(C)c4)no3)C2=O)cc1. The third kappa shape index (κ3) is 3.79. The normalized spacial score (nSPS) is 17.5. The molecule has 0 saturated heterocycles. The molecule has 1 aliphatic carbocycles. The van der Waals surface area contributed by atoms with Crippen molar-refractivity contribution in [3.05, 3.63) is 89.3 Å². The Bertz CT molecular complexity index is 1380. The number of urea groups is 1. The largest absolute Gasteiger partial charge is 0.506 e. The van der Waals surface area contributed by atoms with E-state index in [9.17, 15) is 9.59 Å². The molecule has 1 aromatic heterocycles. The minimum Gasteiger partial charge on any atom is -0.335 e.